The molecule has 2 aliphatic heterocycles. The highest BCUT2D eigenvalue weighted by molar-refractivity contribution is 6.02. The highest BCUT2D eigenvalue weighted by Crippen LogP contribution is 2.34. The summed E-state index contributed by atoms with van der Waals surface area (Å²) in [5, 5.41) is 2.74. The van der Waals surface area contributed by atoms with Crippen molar-refractivity contribution in [2.24, 2.45) is 0 Å². The Labute approximate surface area is 193 Å². The van der Waals surface area contributed by atoms with Crippen LogP contribution in [0.1, 0.15) is 28.0 Å². The molecule has 4 aromatic rings. The van der Waals surface area contributed by atoms with Crippen LogP contribution in [0.4, 0.5) is 10.2 Å². The molecule has 3 aromatic heterocycles. The van der Waals surface area contributed by atoms with Crippen LogP contribution in [-0.2, 0) is 9.47 Å². The summed E-state index contributed by atoms with van der Waals surface area (Å²) in [6.07, 6.45) is 4.73. The van der Waals surface area contributed by atoms with Gasteiger partial charge in [-0.3, -0.25) is 4.79 Å². The number of rotatable bonds is 6. The molecule has 0 saturated carbocycles. The lowest BCUT2D eigenvalue weighted by Crippen LogP contribution is -2.30. The van der Waals surface area contributed by atoms with Crippen molar-refractivity contribution in [3.8, 4) is 22.8 Å². The lowest BCUT2D eigenvalue weighted by atomic mass is 10.00. The highest BCUT2D eigenvalue weighted by Gasteiger charge is 2.29. The van der Waals surface area contributed by atoms with Gasteiger partial charge in [0.25, 0.3) is 5.91 Å². The number of pyridine rings is 1. The smallest absolute Gasteiger partial charge is 0.278 e. The molecule has 0 radical (unpaired) electrons. The number of nitrogens with zero attached hydrogens (tertiary/aromatic N) is 4. The lowest BCUT2D eigenvalue weighted by molar-refractivity contribution is -0.0228. The molecule has 0 unspecified atom stereocenters. The van der Waals surface area contributed by atoms with Gasteiger partial charge >= 0.3 is 0 Å². The fraction of sp³-hybridized carbons (Fsp3) is 0.250. The number of aromatic nitrogens is 4. The van der Waals surface area contributed by atoms with Gasteiger partial charge in [-0.1, -0.05) is 6.07 Å². The third kappa shape index (κ3) is 3.76. The monoisotopic (exact) mass is 461 g/mol. The summed E-state index contributed by atoms with van der Waals surface area (Å²) in [5.74, 6) is 0.236. The third-order valence-corrected chi connectivity index (χ3v) is 6.00. The molecule has 5 heterocycles. The molecule has 2 aliphatic rings. The Kier molecular flexibility index (Phi) is 5.16. The predicted molar refractivity (Wildman–Crippen MR) is 119 cm³/mol. The molecule has 9 nitrogen and oxygen atoms in total. The molecule has 172 valence electrons. The summed E-state index contributed by atoms with van der Waals surface area (Å²) in [7, 11) is 0. The van der Waals surface area contributed by atoms with Crippen molar-refractivity contribution < 1.29 is 23.1 Å². The maximum absolute atomic E-state index is 13.4. The van der Waals surface area contributed by atoms with E-state index in [-0.39, 0.29) is 23.4 Å². The molecule has 2 fully saturated rings. The van der Waals surface area contributed by atoms with Crippen molar-refractivity contribution in [2.45, 2.75) is 12.0 Å². The average Bonchev–Trinajstić information content (AvgIpc) is 3.41. The summed E-state index contributed by atoms with van der Waals surface area (Å²) >= 11 is 0. The van der Waals surface area contributed by atoms with Gasteiger partial charge in [0.1, 0.15) is 29.3 Å². The van der Waals surface area contributed by atoms with Gasteiger partial charge < -0.3 is 23.8 Å². The quantitative estimate of drug-likeness (QED) is 0.467. The zero-order valence-electron chi connectivity index (χ0n) is 18.0. The SMILES string of the molecule is O=C(Nc1ccc(C2COC2)cn1)c1coc(-c2c(-c3ccc(F)cc3)ncn2C2COC2)n1. The molecule has 0 spiro atoms. The normalized spacial score (nSPS) is 16.1. The van der Waals surface area contributed by atoms with Crippen molar-refractivity contribution in [2.75, 3.05) is 31.7 Å². The summed E-state index contributed by atoms with van der Waals surface area (Å²) < 4.78 is 31.6. The number of carbonyl (C=O) groups is 1. The van der Waals surface area contributed by atoms with E-state index in [0.29, 0.717) is 55.1 Å². The molecular weight excluding hydrogens is 441 g/mol. The number of oxazole rings is 1. The van der Waals surface area contributed by atoms with E-state index in [1.165, 1.54) is 18.4 Å². The average molecular weight is 461 g/mol. The van der Waals surface area contributed by atoms with E-state index in [1.54, 1.807) is 30.7 Å². The standard InChI is InChI=1S/C24H20FN5O4/c25-17-4-1-14(2-5-17)21-22(30(13-27-21)18-10-33-11-18)24-28-19(12-34-24)23(31)29-20-6-3-15(7-26-20)16-8-32-9-16/h1-7,12-13,16,18H,8-11H2,(H,26,29,31). The predicted octanol–water partition coefficient (Wildman–Crippen LogP) is 3.68. The first-order valence-corrected chi connectivity index (χ1v) is 10.9. The molecular formula is C24H20FN5O4. The fourth-order valence-corrected chi connectivity index (χ4v) is 3.87. The number of ether oxygens (including phenoxy) is 2. The van der Waals surface area contributed by atoms with Crippen molar-refractivity contribution in [3.63, 3.8) is 0 Å². The number of anilines is 1. The molecule has 2 saturated heterocycles. The van der Waals surface area contributed by atoms with Crippen LogP contribution in [0.5, 0.6) is 0 Å². The van der Waals surface area contributed by atoms with Crippen molar-refractivity contribution in [3.05, 3.63) is 72.3 Å². The van der Waals surface area contributed by atoms with Crippen LogP contribution in [0, 0.1) is 5.82 Å². The Bertz CT molecular complexity index is 1320. The van der Waals surface area contributed by atoms with E-state index >= 15 is 0 Å². The van der Waals surface area contributed by atoms with Crippen LogP contribution in [0.25, 0.3) is 22.8 Å². The Morgan fingerprint density at radius 3 is 2.47 bits per heavy atom. The number of amides is 1. The Morgan fingerprint density at radius 1 is 1.03 bits per heavy atom. The van der Waals surface area contributed by atoms with Crippen LogP contribution in [0.3, 0.4) is 0 Å². The van der Waals surface area contributed by atoms with E-state index in [9.17, 15) is 9.18 Å². The number of nitrogens with one attached hydrogen (secondary N) is 1. The highest BCUT2D eigenvalue weighted by atomic mass is 19.1. The van der Waals surface area contributed by atoms with Gasteiger partial charge in [0.05, 0.1) is 38.8 Å². The number of halogens is 1. The van der Waals surface area contributed by atoms with E-state index in [2.05, 4.69) is 20.3 Å². The van der Waals surface area contributed by atoms with Crippen LogP contribution in [0.2, 0.25) is 0 Å². The molecule has 10 heteroatoms. The number of benzene rings is 1. The zero-order valence-corrected chi connectivity index (χ0v) is 18.0. The minimum absolute atomic E-state index is 0.0738. The molecule has 0 bridgehead atoms. The maximum Gasteiger partial charge on any atom is 0.278 e. The van der Waals surface area contributed by atoms with Gasteiger partial charge in [-0.05, 0) is 35.9 Å². The largest absolute Gasteiger partial charge is 0.442 e. The van der Waals surface area contributed by atoms with Crippen LogP contribution in [-0.4, -0.2) is 51.9 Å². The second-order valence-electron chi connectivity index (χ2n) is 8.25. The fourth-order valence-electron chi connectivity index (χ4n) is 3.87. The minimum atomic E-state index is -0.441. The Morgan fingerprint density at radius 2 is 1.82 bits per heavy atom. The summed E-state index contributed by atoms with van der Waals surface area (Å²) in [6, 6.07) is 9.78. The van der Waals surface area contributed by atoms with E-state index in [1.807, 2.05) is 10.6 Å². The summed E-state index contributed by atoms with van der Waals surface area (Å²) in [5.41, 5.74) is 3.08. The molecule has 1 aromatic carbocycles. The van der Waals surface area contributed by atoms with E-state index < -0.39 is 5.91 Å². The summed E-state index contributed by atoms with van der Waals surface area (Å²) in [4.78, 5) is 26.0. The van der Waals surface area contributed by atoms with E-state index in [4.69, 9.17) is 13.9 Å². The molecule has 0 atom stereocenters. The van der Waals surface area contributed by atoms with Crippen molar-refractivity contribution in [1.82, 2.24) is 19.5 Å². The van der Waals surface area contributed by atoms with Crippen molar-refractivity contribution in [1.29, 1.82) is 0 Å². The Balaban J connectivity index is 1.27. The number of carbonyl (C=O) groups excluding carboxylic acids is 1. The molecule has 34 heavy (non-hydrogen) atoms. The number of hydrogen-bond acceptors (Lipinski definition) is 7. The zero-order chi connectivity index (χ0) is 23.1. The van der Waals surface area contributed by atoms with Crippen molar-refractivity contribution >= 4 is 11.7 Å². The van der Waals surface area contributed by atoms with Gasteiger partial charge in [0.2, 0.25) is 5.89 Å². The topological polar surface area (TPSA) is 104 Å². The Hall–Kier alpha value is -3.89. The van der Waals surface area contributed by atoms with E-state index in [0.717, 1.165) is 5.56 Å². The molecule has 1 amide bonds. The first-order chi connectivity index (χ1) is 16.7. The summed E-state index contributed by atoms with van der Waals surface area (Å²) in [6.45, 7) is 2.46. The van der Waals surface area contributed by atoms with Gasteiger partial charge in [-0.2, -0.15) is 0 Å². The van der Waals surface area contributed by atoms with Gasteiger partial charge in [0.15, 0.2) is 5.69 Å². The first kappa shape index (κ1) is 20.7. The van der Waals surface area contributed by atoms with Gasteiger partial charge in [-0.25, -0.2) is 19.3 Å². The number of imidazole rings is 1. The van der Waals surface area contributed by atoms with Crippen LogP contribution in [0.15, 0.2) is 59.6 Å². The van der Waals surface area contributed by atoms with Gasteiger partial charge in [0, 0.05) is 17.7 Å². The maximum atomic E-state index is 13.4. The first-order valence-electron chi connectivity index (χ1n) is 10.9. The van der Waals surface area contributed by atoms with Gasteiger partial charge in [-0.15, -0.1) is 0 Å². The van der Waals surface area contributed by atoms with Crippen LogP contribution >= 0.6 is 0 Å². The molecule has 0 aliphatic carbocycles. The van der Waals surface area contributed by atoms with Crippen LogP contribution < -0.4 is 5.32 Å². The third-order valence-electron chi connectivity index (χ3n) is 6.00. The molecule has 1 N–H and O–H groups in total. The number of hydrogen-bond donors (Lipinski definition) is 1. The second-order valence-corrected chi connectivity index (χ2v) is 8.25. The minimum Gasteiger partial charge on any atom is -0.442 e. The molecule has 6 rings (SSSR count). The second kappa shape index (κ2) is 8.47. The lowest BCUT2D eigenvalue weighted by Gasteiger charge is -2.28.